The molecule has 0 radical (unpaired) electrons. The molecule has 0 saturated carbocycles. The Labute approximate surface area is 192 Å². The highest BCUT2D eigenvalue weighted by Gasteiger charge is 2.24. The van der Waals surface area contributed by atoms with Crippen molar-refractivity contribution >= 4 is 35.8 Å². The van der Waals surface area contributed by atoms with Crippen molar-refractivity contribution in [3.05, 3.63) is 24.2 Å². The molecule has 8 heteroatoms. The number of likely N-dealkylation sites (tertiary alicyclic amines) is 1. The summed E-state index contributed by atoms with van der Waals surface area (Å²) < 4.78 is 5.70. The van der Waals surface area contributed by atoms with Crippen molar-refractivity contribution in [2.45, 2.75) is 65.0 Å². The Morgan fingerprint density at radius 2 is 2.00 bits per heavy atom. The van der Waals surface area contributed by atoms with Crippen LogP contribution in [0.1, 0.15) is 64.7 Å². The lowest BCUT2D eigenvalue weighted by atomic mass is 10.1. The zero-order chi connectivity index (χ0) is 20.2. The van der Waals surface area contributed by atoms with E-state index in [-0.39, 0.29) is 42.0 Å². The molecule has 0 spiro atoms. The molecule has 2 heterocycles. The quantitative estimate of drug-likeness (QED) is 0.251. The van der Waals surface area contributed by atoms with E-state index < -0.39 is 0 Å². The standard InChI is InChI=1S/C21H37N5O2.HI/c1-4-17(3)25-20(27)11-12-23-21(22-5-2)24-16-18(19-10-9-15-28-19)26-13-7-6-8-14-26;/h9-10,15,17-18H,4-8,11-14,16H2,1-3H3,(H,25,27)(H2,22,23,24);1H. The number of nitrogens with zero attached hydrogens (tertiary/aromatic N) is 2. The van der Waals surface area contributed by atoms with Crippen molar-refractivity contribution in [2.75, 3.05) is 32.7 Å². The molecule has 1 fully saturated rings. The number of carbonyl (C=O) groups excluding carboxylic acids is 1. The van der Waals surface area contributed by atoms with Crippen molar-refractivity contribution in [3.63, 3.8) is 0 Å². The lowest BCUT2D eigenvalue weighted by Gasteiger charge is -2.32. The highest BCUT2D eigenvalue weighted by molar-refractivity contribution is 14.0. The lowest BCUT2D eigenvalue weighted by Crippen LogP contribution is -2.41. The minimum absolute atomic E-state index is 0. The third-order valence-corrected chi connectivity index (χ3v) is 5.13. The van der Waals surface area contributed by atoms with Gasteiger partial charge in [0.1, 0.15) is 5.76 Å². The Hall–Kier alpha value is -1.29. The Morgan fingerprint density at radius 3 is 2.62 bits per heavy atom. The van der Waals surface area contributed by atoms with Gasteiger partial charge in [-0.1, -0.05) is 13.3 Å². The van der Waals surface area contributed by atoms with Gasteiger partial charge in [0, 0.05) is 25.6 Å². The molecule has 1 aromatic rings. The molecule has 2 rings (SSSR count). The molecule has 0 aliphatic carbocycles. The van der Waals surface area contributed by atoms with Gasteiger partial charge in [0.05, 0.1) is 18.8 Å². The predicted molar refractivity (Wildman–Crippen MR) is 129 cm³/mol. The molecule has 1 aliphatic rings. The van der Waals surface area contributed by atoms with Crippen LogP contribution in [0.15, 0.2) is 27.8 Å². The van der Waals surface area contributed by atoms with E-state index in [9.17, 15) is 4.79 Å². The molecular formula is C21H38IN5O2. The monoisotopic (exact) mass is 519 g/mol. The first-order chi connectivity index (χ1) is 13.6. The maximum Gasteiger partial charge on any atom is 0.221 e. The summed E-state index contributed by atoms with van der Waals surface area (Å²) in [4.78, 5) is 19.2. The van der Waals surface area contributed by atoms with E-state index in [4.69, 9.17) is 9.41 Å². The Balaban J connectivity index is 0.00000420. The Bertz CT molecular complexity index is 588. The number of piperidine rings is 1. The third-order valence-electron chi connectivity index (χ3n) is 5.13. The van der Waals surface area contributed by atoms with Gasteiger partial charge in [-0.3, -0.25) is 14.7 Å². The number of amides is 1. The second kappa shape index (κ2) is 14.7. The first-order valence-corrected chi connectivity index (χ1v) is 10.7. The van der Waals surface area contributed by atoms with E-state index in [1.807, 2.05) is 26.0 Å². The number of guanidine groups is 1. The van der Waals surface area contributed by atoms with Crippen LogP contribution in [0.25, 0.3) is 0 Å². The fourth-order valence-corrected chi connectivity index (χ4v) is 3.36. The summed E-state index contributed by atoms with van der Waals surface area (Å²) in [5.74, 6) is 1.78. The number of halogens is 1. The molecule has 7 nitrogen and oxygen atoms in total. The normalized spacial score (nSPS) is 17.1. The predicted octanol–water partition coefficient (Wildman–Crippen LogP) is 3.28. The van der Waals surface area contributed by atoms with Crippen molar-refractivity contribution in [2.24, 2.45) is 4.99 Å². The maximum atomic E-state index is 11.9. The van der Waals surface area contributed by atoms with Crippen LogP contribution < -0.4 is 16.0 Å². The minimum atomic E-state index is 0. The number of hydrogen-bond donors (Lipinski definition) is 3. The van der Waals surface area contributed by atoms with E-state index in [1.165, 1.54) is 19.3 Å². The average molecular weight is 519 g/mol. The molecule has 1 aromatic heterocycles. The molecule has 1 saturated heterocycles. The summed E-state index contributed by atoms with van der Waals surface area (Å²) in [6, 6.07) is 4.34. The first-order valence-electron chi connectivity index (χ1n) is 10.7. The largest absolute Gasteiger partial charge is 0.468 e. The van der Waals surface area contributed by atoms with Gasteiger partial charge >= 0.3 is 0 Å². The summed E-state index contributed by atoms with van der Waals surface area (Å²) in [7, 11) is 0. The number of hydrogen-bond acceptors (Lipinski definition) is 4. The summed E-state index contributed by atoms with van der Waals surface area (Å²) in [6.07, 6.45) is 6.86. The number of aliphatic imine (C=N–C) groups is 1. The molecule has 166 valence electrons. The maximum absolute atomic E-state index is 11.9. The zero-order valence-corrected chi connectivity index (χ0v) is 20.4. The fourth-order valence-electron chi connectivity index (χ4n) is 3.36. The van der Waals surface area contributed by atoms with Crippen molar-refractivity contribution in [1.82, 2.24) is 20.9 Å². The van der Waals surface area contributed by atoms with Crippen LogP contribution in [0.3, 0.4) is 0 Å². The van der Waals surface area contributed by atoms with Gasteiger partial charge in [-0.15, -0.1) is 24.0 Å². The third kappa shape index (κ3) is 9.37. The van der Waals surface area contributed by atoms with Crippen LogP contribution in [0.4, 0.5) is 0 Å². The highest BCUT2D eigenvalue weighted by atomic mass is 127. The van der Waals surface area contributed by atoms with E-state index in [2.05, 4.69) is 27.8 Å². The van der Waals surface area contributed by atoms with Crippen LogP contribution in [-0.4, -0.2) is 55.5 Å². The first kappa shape index (κ1) is 25.7. The van der Waals surface area contributed by atoms with E-state index in [0.717, 1.165) is 37.8 Å². The minimum Gasteiger partial charge on any atom is -0.468 e. The Morgan fingerprint density at radius 1 is 1.24 bits per heavy atom. The molecule has 1 aliphatic heterocycles. The molecule has 0 aromatic carbocycles. The van der Waals surface area contributed by atoms with Gasteiger partial charge in [-0.25, -0.2) is 0 Å². The van der Waals surface area contributed by atoms with E-state index in [0.29, 0.717) is 19.5 Å². The highest BCUT2D eigenvalue weighted by Crippen LogP contribution is 2.25. The summed E-state index contributed by atoms with van der Waals surface area (Å²) in [5.41, 5.74) is 0. The molecule has 29 heavy (non-hydrogen) atoms. The summed E-state index contributed by atoms with van der Waals surface area (Å²) in [6.45, 7) is 10.3. The molecule has 0 bridgehead atoms. The lowest BCUT2D eigenvalue weighted by molar-refractivity contribution is -0.121. The van der Waals surface area contributed by atoms with Crippen LogP contribution in [0.2, 0.25) is 0 Å². The molecule has 1 amide bonds. The molecule has 2 unspecified atom stereocenters. The van der Waals surface area contributed by atoms with Crippen LogP contribution in [0, 0.1) is 0 Å². The van der Waals surface area contributed by atoms with Gasteiger partial charge in [-0.05, 0) is 58.3 Å². The SMILES string of the molecule is CCNC(=NCC(c1ccco1)N1CCCCC1)NCCC(=O)NC(C)CC.I. The number of nitrogens with one attached hydrogen (secondary N) is 3. The van der Waals surface area contributed by atoms with Crippen molar-refractivity contribution in [1.29, 1.82) is 0 Å². The van der Waals surface area contributed by atoms with E-state index in [1.54, 1.807) is 6.26 Å². The van der Waals surface area contributed by atoms with Gasteiger partial charge < -0.3 is 20.4 Å². The molecule has 3 N–H and O–H groups in total. The van der Waals surface area contributed by atoms with Gasteiger partial charge in [0.2, 0.25) is 5.91 Å². The van der Waals surface area contributed by atoms with Gasteiger partial charge in [0.15, 0.2) is 5.96 Å². The smallest absolute Gasteiger partial charge is 0.221 e. The number of furan rings is 1. The molecule has 2 atom stereocenters. The van der Waals surface area contributed by atoms with Crippen molar-refractivity contribution in [3.8, 4) is 0 Å². The summed E-state index contributed by atoms with van der Waals surface area (Å²) in [5, 5.41) is 9.53. The van der Waals surface area contributed by atoms with Gasteiger partial charge in [0.25, 0.3) is 0 Å². The zero-order valence-electron chi connectivity index (χ0n) is 18.1. The fraction of sp³-hybridized carbons (Fsp3) is 0.714. The molecular weight excluding hydrogens is 481 g/mol. The number of carbonyl (C=O) groups is 1. The second-order valence-electron chi connectivity index (χ2n) is 7.40. The van der Waals surface area contributed by atoms with Crippen molar-refractivity contribution < 1.29 is 9.21 Å². The van der Waals surface area contributed by atoms with Crippen LogP contribution in [0.5, 0.6) is 0 Å². The van der Waals surface area contributed by atoms with Crippen LogP contribution >= 0.6 is 24.0 Å². The van der Waals surface area contributed by atoms with E-state index >= 15 is 0 Å². The second-order valence-corrected chi connectivity index (χ2v) is 7.40. The average Bonchev–Trinajstić information content (AvgIpc) is 3.23. The van der Waals surface area contributed by atoms with Gasteiger partial charge in [-0.2, -0.15) is 0 Å². The Kier molecular flexibility index (Phi) is 13.0. The van der Waals surface area contributed by atoms with Crippen LogP contribution in [-0.2, 0) is 4.79 Å². The topological polar surface area (TPSA) is 81.9 Å². The summed E-state index contributed by atoms with van der Waals surface area (Å²) >= 11 is 0. The number of rotatable bonds is 10.